The first kappa shape index (κ1) is 15.0. The van der Waals surface area contributed by atoms with Crippen molar-refractivity contribution in [1.29, 1.82) is 0 Å². The van der Waals surface area contributed by atoms with Crippen LogP contribution in [-0.2, 0) is 12.3 Å². The Kier molecular flexibility index (Phi) is 6.29. The molecular formula is C11H16BrN5S2. The second-order valence-corrected chi connectivity index (χ2v) is 6.81. The van der Waals surface area contributed by atoms with Gasteiger partial charge in [-0.2, -0.15) is 0 Å². The van der Waals surface area contributed by atoms with Gasteiger partial charge in [0, 0.05) is 27.0 Å². The van der Waals surface area contributed by atoms with Crippen LogP contribution in [0.2, 0.25) is 0 Å². The van der Waals surface area contributed by atoms with Crippen molar-refractivity contribution < 1.29 is 0 Å². The zero-order valence-corrected chi connectivity index (χ0v) is 13.9. The quantitative estimate of drug-likeness (QED) is 0.578. The lowest BCUT2D eigenvalue weighted by Gasteiger charge is -2.04. The van der Waals surface area contributed by atoms with E-state index >= 15 is 0 Å². The lowest BCUT2D eigenvalue weighted by atomic mass is 10.5. The number of tetrazole rings is 1. The number of aromatic nitrogens is 4. The molecule has 0 aromatic carbocycles. The van der Waals surface area contributed by atoms with Gasteiger partial charge in [0.2, 0.25) is 5.16 Å². The number of hydrogen-bond donors (Lipinski definition) is 1. The van der Waals surface area contributed by atoms with Crippen LogP contribution in [0.4, 0.5) is 0 Å². The van der Waals surface area contributed by atoms with E-state index in [2.05, 4.69) is 55.1 Å². The van der Waals surface area contributed by atoms with Crippen molar-refractivity contribution >= 4 is 39.0 Å². The topological polar surface area (TPSA) is 55.6 Å². The number of hydrogen-bond acceptors (Lipinski definition) is 6. The third-order valence-corrected chi connectivity index (χ3v) is 5.28. The molecule has 0 bridgehead atoms. The second kappa shape index (κ2) is 7.98. The molecule has 0 atom stereocenters. The molecule has 0 unspecified atom stereocenters. The number of thioether (sulfide) groups is 1. The molecule has 2 aromatic rings. The highest BCUT2D eigenvalue weighted by Gasteiger charge is 2.07. The van der Waals surface area contributed by atoms with Gasteiger partial charge in [-0.15, -0.1) is 16.4 Å². The van der Waals surface area contributed by atoms with Gasteiger partial charge in [0.05, 0.1) is 6.54 Å². The zero-order valence-electron chi connectivity index (χ0n) is 10.7. The SMILES string of the molecule is CCCNCCn1nnnc1SCc1cc(Br)cs1. The van der Waals surface area contributed by atoms with Crippen LogP contribution in [0, 0.1) is 0 Å². The van der Waals surface area contributed by atoms with Gasteiger partial charge >= 0.3 is 0 Å². The van der Waals surface area contributed by atoms with E-state index < -0.39 is 0 Å². The van der Waals surface area contributed by atoms with Crippen molar-refractivity contribution in [2.24, 2.45) is 0 Å². The Balaban J connectivity index is 1.81. The summed E-state index contributed by atoms with van der Waals surface area (Å²) in [6, 6.07) is 2.13. The molecule has 19 heavy (non-hydrogen) atoms. The van der Waals surface area contributed by atoms with Crippen LogP contribution < -0.4 is 5.32 Å². The van der Waals surface area contributed by atoms with Gasteiger partial charge < -0.3 is 5.32 Å². The van der Waals surface area contributed by atoms with Crippen molar-refractivity contribution in [3.05, 3.63) is 20.8 Å². The van der Waals surface area contributed by atoms with Crippen LogP contribution in [0.3, 0.4) is 0 Å². The molecule has 0 aliphatic heterocycles. The molecule has 0 saturated heterocycles. The van der Waals surface area contributed by atoms with Crippen molar-refractivity contribution in [3.63, 3.8) is 0 Å². The van der Waals surface area contributed by atoms with Crippen molar-refractivity contribution in [2.45, 2.75) is 30.8 Å². The molecule has 8 heteroatoms. The smallest absolute Gasteiger partial charge is 0.209 e. The number of thiophene rings is 1. The van der Waals surface area contributed by atoms with Crippen LogP contribution in [0.25, 0.3) is 0 Å². The normalized spacial score (nSPS) is 11.1. The summed E-state index contributed by atoms with van der Waals surface area (Å²) >= 11 is 6.88. The van der Waals surface area contributed by atoms with Crippen LogP contribution in [0.15, 0.2) is 21.1 Å². The highest BCUT2D eigenvalue weighted by atomic mass is 79.9. The van der Waals surface area contributed by atoms with E-state index in [1.165, 1.54) is 4.88 Å². The number of rotatable bonds is 8. The molecule has 0 saturated carbocycles. The summed E-state index contributed by atoms with van der Waals surface area (Å²) in [6.45, 7) is 4.90. The van der Waals surface area contributed by atoms with Crippen LogP contribution >= 0.6 is 39.0 Å². The van der Waals surface area contributed by atoms with Gasteiger partial charge in [-0.25, -0.2) is 4.68 Å². The first-order chi connectivity index (χ1) is 9.29. The maximum absolute atomic E-state index is 4.07. The first-order valence-electron chi connectivity index (χ1n) is 6.12. The molecule has 0 spiro atoms. The molecular weight excluding hydrogens is 346 g/mol. The third kappa shape index (κ3) is 4.87. The second-order valence-electron chi connectivity index (χ2n) is 3.95. The Morgan fingerprint density at radius 1 is 1.47 bits per heavy atom. The maximum Gasteiger partial charge on any atom is 0.209 e. The summed E-state index contributed by atoms with van der Waals surface area (Å²) in [6.07, 6.45) is 1.14. The average Bonchev–Trinajstić information content (AvgIpc) is 3.01. The minimum absolute atomic E-state index is 0.809. The maximum atomic E-state index is 4.07. The van der Waals surface area contributed by atoms with Crippen LogP contribution in [-0.4, -0.2) is 33.3 Å². The monoisotopic (exact) mass is 361 g/mol. The fourth-order valence-electron chi connectivity index (χ4n) is 1.49. The largest absolute Gasteiger partial charge is 0.315 e. The Morgan fingerprint density at radius 3 is 3.11 bits per heavy atom. The Morgan fingerprint density at radius 2 is 2.37 bits per heavy atom. The highest BCUT2D eigenvalue weighted by Crippen LogP contribution is 2.26. The molecule has 104 valence electrons. The van der Waals surface area contributed by atoms with Gasteiger partial charge in [0.25, 0.3) is 0 Å². The summed E-state index contributed by atoms with van der Waals surface area (Å²) in [5.41, 5.74) is 0. The number of nitrogens with one attached hydrogen (secondary N) is 1. The molecule has 2 aromatic heterocycles. The van der Waals surface area contributed by atoms with E-state index in [4.69, 9.17) is 0 Å². The fourth-order valence-corrected chi connectivity index (χ4v) is 3.90. The summed E-state index contributed by atoms with van der Waals surface area (Å²) in [5.74, 6) is 0.902. The molecule has 0 aliphatic rings. The van der Waals surface area contributed by atoms with E-state index in [1.54, 1.807) is 23.1 Å². The number of nitrogens with zero attached hydrogens (tertiary/aromatic N) is 4. The molecule has 0 radical (unpaired) electrons. The van der Waals surface area contributed by atoms with E-state index in [0.29, 0.717) is 0 Å². The van der Waals surface area contributed by atoms with E-state index in [-0.39, 0.29) is 0 Å². The molecule has 0 fully saturated rings. The Labute approximate surface area is 129 Å². The van der Waals surface area contributed by atoms with E-state index in [1.807, 2.05) is 4.68 Å². The van der Waals surface area contributed by atoms with Gasteiger partial charge in [0.15, 0.2) is 0 Å². The molecule has 0 aliphatic carbocycles. The van der Waals surface area contributed by atoms with Crippen LogP contribution in [0.5, 0.6) is 0 Å². The predicted octanol–water partition coefficient (Wildman–Crippen LogP) is 2.79. The van der Waals surface area contributed by atoms with Gasteiger partial charge in [-0.05, 0) is 45.4 Å². The summed E-state index contributed by atoms with van der Waals surface area (Å²) in [7, 11) is 0. The van der Waals surface area contributed by atoms with Crippen molar-refractivity contribution in [1.82, 2.24) is 25.5 Å². The predicted molar refractivity (Wildman–Crippen MR) is 82.6 cm³/mol. The van der Waals surface area contributed by atoms with Gasteiger partial charge in [-0.3, -0.25) is 0 Å². The Bertz CT molecular complexity index is 499. The average molecular weight is 362 g/mol. The minimum Gasteiger partial charge on any atom is -0.315 e. The number of halogens is 1. The highest BCUT2D eigenvalue weighted by molar-refractivity contribution is 9.10. The molecule has 0 amide bonds. The lowest BCUT2D eigenvalue weighted by Crippen LogP contribution is -2.21. The van der Waals surface area contributed by atoms with E-state index in [9.17, 15) is 0 Å². The minimum atomic E-state index is 0.809. The van der Waals surface area contributed by atoms with E-state index in [0.717, 1.165) is 41.4 Å². The third-order valence-electron chi connectivity index (χ3n) is 2.39. The summed E-state index contributed by atoms with van der Waals surface area (Å²) in [4.78, 5) is 1.32. The lowest BCUT2D eigenvalue weighted by molar-refractivity contribution is 0.510. The summed E-state index contributed by atoms with van der Waals surface area (Å²) in [5, 5.41) is 18.2. The molecule has 2 rings (SSSR count). The fraction of sp³-hybridized carbons (Fsp3) is 0.545. The molecule has 2 heterocycles. The van der Waals surface area contributed by atoms with Gasteiger partial charge in [0.1, 0.15) is 0 Å². The van der Waals surface area contributed by atoms with Gasteiger partial charge in [-0.1, -0.05) is 18.7 Å². The first-order valence-corrected chi connectivity index (χ1v) is 8.78. The van der Waals surface area contributed by atoms with Crippen molar-refractivity contribution in [2.75, 3.05) is 13.1 Å². The molecule has 1 N–H and O–H groups in total. The zero-order chi connectivity index (χ0) is 13.5. The van der Waals surface area contributed by atoms with Crippen molar-refractivity contribution in [3.8, 4) is 0 Å². The summed E-state index contributed by atoms with van der Waals surface area (Å²) < 4.78 is 2.99. The molecule has 5 nitrogen and oxygen atoms in total. The van der Waals surface area contributed by atoms with Crippen LogP contribution in [0.1, 0.15) is 18.2 Å². The standard InChI is InChI=1S/C11H16BrN5S2/c1-2-3-13-4-5-17-11(14-15-16-17)19-8-10-6-9(12)7-18-10/h6-7,13H,2-5,8H2,1H3. The Hall–Kier alpha value is -0.440.